The van der Waals surface area contributed by atoms with Gasteiger partial charge in [-0.25, -0.2) is 0 Å². The number of ether oxygens (including phenoxy) is 1. The molecule has 0 aliphatic carbocycles. The Hall–Kier alpha value is -1.97. The Kier molecular flexibility index (Phi) is 3.79. The van der Waals surface area contributed by atoms with Gasteiger partial charge < -0.3 is 14.8 Å². The first-order valence-electron chi connectivity index (χ1n) is 6.49. The minimum atomic E-state index is -0.770. The fourth-order valence-corrected chi connectivity index (χ4v) is 2.22. The van der Waals surface area contributed by atoms with Crippen molar-refractivity contribution in [3.05, 3.63) is 29.5 Å². The topological polar surface area (TPSA) is 62.3 Å². The second-order valence-electron chi connectivity index (χ2n) is 4.81. The zero-order chi connectivity index (χ0) is 14.0. The van der Waals surface area contributed by atoms with Gasteiger partial charge in [0, 0.05) is 23.0 Å². The third kappa shape index (κ3) is 2.72. The van der Waals surface area contributed by atoms with Crippen molar-refractivity contribution in [2.45, 2.75) is 27.2 Å². The molecule has 1 heterocycles. The fraction of sp³-hybridized carbons (Fsp3) is 0.400. The molecule has 1 aromatic carbocycles. The Morgan fingerprint density at radius 3 is 2.84 bits per heavy atom. The smallest absolute Gasteiger partial charge is 0.306 e. The lowest BCUT2D eigenvalue weighted by atomic mass is 10.0. The molecule has 0 aliphatic heterocycles. The summed E-state index contributed by atoms with van der Waals surface area (Å²) >= 11 is 0. The predicted octanol–water partition coefficient (Wildman–Crippen LogP) is 3.14. The predicted molar refractivity (Wildman–Crippen MR) is 74.7 cm³/mol. The number of carboxylic acids is 1. The monoisotopic (exact) mass is 261 g/mol. The number of H-pyrrole nitrogens is 1. The quantitative estimate of drug-likeness (QED) is 0.869. The van der Waals surface area contributed by atoms with Gasteiger partial charge in [0.15, 0.2) is 0 Å². The normalized spacial score (nSPS) is 12.6. The van der Waals surface area contributed by atoms with E-state index in [0.717, 1.165) is 27.9 Å². The number of hydrogen-bond donors (Lipinski definition) is 2. The maximum atomic E-state index is 10.9. The molecule has 1 unspecified atom stereocenters. The number of benzene rings is 1. The number of rotatable bonds is 5. The Morgan fingerprint density at radius 1 is 1.47 bits per heavy atom. The van der Waals surface area contributed by atoms with E-state index < -0.39 is 11.9 Å². The van der Waals surface area contributed by atoms with Crippen LogP contribution in [0.5, 0.6) is 5.75 Å². The van der Waals surface area contributed by atoms with Crippen LogP contribution in [-0.4, -0.2) is 22.7 Å². The molecule has 2 rings (SSSR count). The highest BCUT2D eigenvalue weighted by atomic mass is 16.5. The highest BCUT2D eigenvalue weighted by Gasteiger charge is 2.16. The van der Waals surface area contributed by atoms with E-state index >= 15 is 0 Å². The number of carbonyl (C=O) groups is 1. The van der Waals surface area contributed by atoms with Crippen LogP contribution in [0.1, 0.15) is 25.1 Å². The SMILES string of the molecule is CCOc1ccc2[nH]c(CC(C)C(=O)O)c(C)c2c1. The lowest BCUT2D eigenvalue weighted by Gasteiger charge is -2.05. The van der Waals surface area contributed by atoms with Crippen LogP contribution >= 0.6 is 0 Å². The molecule has 2 N–H and O–H groups in total. The number of aromatic amines is 1. The third-order valence-corrected chi connectivity index (χ3v) is 3.38. The van der Waals surface area contributed by atoms with Crippen molar-refractivity contribution in [2.24, 2.45) is 5.92 Å². The second-order valence-corrected chi connectivity index (χ2v) is 4.81. The molecule has 102 valence electrons. The average molecular weight is 261 g/mol. The van der Waals surface area contributed by atoms with Crippen molar-refractivity contribution in [3.8, 4) is 5.75 Å². The minimum absolute atomic E-state index is 0.391. The van der Waals surface area contributed by atoms with Crippen LogP contribution in [0, 0.1) is 12.8 Å². The Morgan fingerprint density at radius 2 is 2.21 bits per heavy atom. The minimum Gasteiger partial charge on any atom is -0.494 e. The Labute approximate surface area is 112 Å². The molecule has 1 aromatic heterocycles. The number of nitrogens with one attached hydrogen (secondary N) is 1. The van der Waals surface area contributed by atoms with E-state index in [4.69, 9.17) is 9.84 Å². The zero-order valence-electron chi connectivity index (χ0n) is 11.5. The molecule has 0 fully saturated rings. The van der Waals surface area contributed by atoms with Crippen molar-refractivity contribution in [3.63, 3.8) is 0 Å². The highest BCUT2D eigenvalue weighted by molar-refractivity contribution is 5.86. The fourth-order valence-electron chi connectivity index (χ4n) is 2.22. The standard InChI is InChI=1S/C15H19NO3/c1-4-19-11-5-6-13-12(8-11)10(3)14(16-13)7-9(2)15(17)18/h5-6,8-9,16H,4,7H2,1-3H3,(H,17,18). The highest BCUT2D eigenvalue weighted by Crippen LogP contribution is 2.27. The van der Waals surface area contributed by atoms with Crippen LogP contribution in [-0.2, 0) is 11.2 Å². The van der Waals surface area contributed by atoms with Gasteiger partial charge in [-0.1, -0.05) is 6.92 Å². The largest absolute Gasteiger partial charge is 0.494 e. The first kappa shape index (κ1) is 13.5. The summed E-state index contributed by atoms with van der Waals surface area (Å²) in [7, 11) is 0. The van der Waals surface area contributed by atoms with Gasteiger partial charge in [-0.2, -0.15) is 0 Å². The Balaban J connectivity index is 2.36. The second kappa shape index (κ2) is 5.34. The van der Waals surface area contributed by atoms with Crippen LogP contribution in [0.4, 0.5) is 0 Å². The lowest BCUT2D eigenvalue weighted by molar-refractivity contribution is -0.141. The molecule has 4 nitrogen and oxygen atoms in total. The summed E-state index contributed by atoms with van der Waals surface area (Å²) in [6, 6.07) is 5.90. The molecule has 0 radical (unpaired) electrons. The molecular weight excluding hydrogens is 242 g/mol. The summed E-state index contributed by atoms with van der Waals surface area (Å²) < 4.78 is 5.49. The van der Waals surface area contributed by atoms with Gasteiger partial charge in [0.05, 0.1) is 12.5 Å². The van der Waals surface area contributed by atoms with Gasteiger partial charge in [0.2, 0.25) is 0 Å². The first-order chi connectivity index (χ1) is 9.02. The van der Waals surface area contributed by atoms with Crippen LogP contribution in [0.3, 0.4) is 0 Å². The van der Waals surface area contributed by atoms with Gasteiger partial charge in [-0.3, -0.25) is 4.79 Å². The number of aromatic nitrogens is 1. The third-order valence-electron chi connectivity index (χ3n) is 3.38. The molecule has 0 saturated carbocycles. The van der Waals surface area contributed by atoms with Crippen LogP contribution in [0.25, 0.3) is 10.9 Å². The summed E-state index contributed by atoms with van der Waals surface area (Å²) in [4.78, 5) is 14.2. The molecule has 0 spiro atoms. The average Bonchev–Trinajstić information content (AvgIpc) is 2.67. The van der Waals surface area contributed by atoms with Gasteiger partial charge in [-0.15, -0.1) is 0 Å². The molecule has 0 saturated heterocycles. The molecule has 19 heavy (non-hydrogen) atoms. The van der Waals surface area contributed by atoms with E-state index in [2.05, 4.69) is 4.98 Å². The number of aliphatic carboxylic acids is 1. The van der Waals surface area contributed by atoms with Crippen molar-refractivity contribution >= 4 is 16.9 Å². The van der Waals surface area contributed by atoms with E-state index in [9.17, 15) is 4.79 Å². The summed E-state index contributed by atoms with van der Waals surface area (Å²) in [6.45, 7) is 6.32. The summed E-state index contributed by atoms with van der Waals surface area (Å²) in [6.07, 6.45) is 0.514. The molecule has 2 aromatic rings. The van der Waals surface area contributed by atoms with Crippen molar-refractivity contribution in [2.75, 3.05) is 6.61 Å². The van der Waals surface area contributed by atoms with Crippen molar-refractivity contribution in [1.29, 1.82) is 0 Å². The molecule has 4 heteroatoms. The van der Waals surface area contributed by atoms with Crippen molar-refractivity contribution < 1.29 is 14.6 Å². The lowest BCUT2D eigenvalue weighted by Crippen LogP contribution is -2.12. The van der Waals surface area contributed by atoms with Gasteiger partial charge in [-0.05, 0) is 37.6 Å². The van der Waals surface area contributed by atoms with Crippen LogP contribution in [0.15, 0.2) is 18.2 Å². The molecular formula is C15H19NO3. The summed E-state index contributed by atoms with van der Waals surface area (Å²) in [5, 5.41) is 10.1. The van der Waals surface area contributed by atoms with Gasteiger partial charge >= 0.3 is 5.97 Å². The van der Waals surface area contributed by atoms with E-state index in [1.807, 2.05) is 32.0 Å². The molecule has 0 amide bonds. The summed E-state index contributed by atoms with van der Waals surface area (Å²) in [5.74, 6) is -0.318. The Bertz CT molecular complexity index is 601. The maximum Gasteiger partial charge on any atom is 0.306 e. The van der Waals surface area contributed by atoms with Crippen LogP contribution in [0.2, 0.25) is 0 Å². The number of hydrogen-bond acceptors (Lipinski definition) is 2. The zero-order valence-corrected chi connectivity index (χ0v) is 11.5. The van der Waals surface area contributed by atoms with E-state index in [-0.39, 0.29) is 0 Å². The van der Waals surface area contributed by atoms with Gasteiger partial charge in [0.1, 0.15) is 5.75 Å². The first-order valence-corrected chi connectivity index (χ1v) is 6.49. The number of fused-ring (bicyclic) bond motifs is 1. The van der Waals surface area contributed by atoms with Gasteiger partial charge in [0.25, 0.3) is 0 Å². The van der Waals surface area contributed by atoms with Crippen LogP contribution < -0.4 is 4.74 Å². The number of aryl methyl sites for hydroxylation is 1. The summed E-state index contributed by atoms with van der Waals surface area (Å²) in [5.41, 5.74) is 3.11. The van der Waals surface area contributed by atoms with Crippen molar-refractivity contribution in [1.82, 2.24) is 4.98 Å². The molecule has 0 bridgehead atoms. The molecule has 0 aliphatic rings. The van der Waals surface area contributed by atoms with E-state index in [0.29, 0.717) is 13.0 Å². The number of carboxylic acid groups (broad SMARTS) is 1. The molecule has 1 atom stereocenters. The maximum absolute atomic E-state index is 10.9. The van der Waals surface area contributed by atoms with E-state index in [1.165, 1.54) is 0 Å². The van der Waals surface area contributed by atoms with E-state index in [1.54, 1.807) is 6.92 Å².